The van der Waals surface area contributed by atoms with E-state index < -0.39 is 29.4 Å². The topological polar surface area (TPSA) is 50.1 Å². The van der Waals surface area contributed by atoms with Crippen molar-refractivity contribution in [2.45, 2.75) is 31.3 Å². The summed E-state index contributed by atoms with van der Waals surface area (Å²) in [5, 5.41) is 9.09. The Hall–Kier alpha value is -1.80. The third-order valence-corrected chi connectivity index (χ3v) is 3.13. The second-order valence-electron chi connectivity index (χ2n) is 4.52. The van der Waals surface area contributed by atoms with E-state index in [0.29, 0.717) is 19.1 Å². The molecule has 0 N–H and O–H groups in total. The Morgan fingerprint density at radius 1 is 1.32 bits per heavy atom. The second-order valence-corrected chi connectivity index (χ2v) is 4.52. The minimum atomic E-state index is -1.19. The number of hydrogen-bond acceptors (Lipinski definition) is 3. The number of rotatable bonds is 3. The van der Waals surface area contributed by atoms with Gasteiger partial charge in [-0.1, -0.05) is 0 Å². The van der Waals surface area contributed by atoms with Crippen LogP contribution in [-0.2, 0) is 9.53 Å². The van der Waals surface area contributed by atoms with Crippen LogP contribution in [0.25, 0.3) is 0 Å². The van der Waals surface area contributed by atoms with Crippen LogP contribution >= 0.6 is 0 Å². The van der Waals surface area contributed by atoms with E-state index in [0.717, 1.165) is 25.0 Å². The van der Waals surface area contributed by atoms with Crippen LogP contribution in [0.2, 0.25) is 0 Å². The molecule has 100 valence electrons. The summed E-state index contributed by atoms with van der Waals surface area (Å²) in [6, 6.07) is 4.54. The smallest absolute Gasteiger partial charge is 0.183 e. The zero-order chi connectivity index (χ0) is 13.8. The molecule has 0 amide bonds. The summed E-state index contributed by atoms with van der Waals surface area (Å²) in [7, 11) is 0. The molecule has 0 bridgehead atoms. The number of nitriles is 1. The van der Waals surface area contributed by atoms with Crippen molar-refractivity contribution >= 4 is 5.78 Å². The van der Waals surface area contributed by atoms with Crippen LogP contribution in [0.4, 0.5) is 8.78 Å². The number of Topliss-reactive ketones (excluding diaryl/α,β-unsaturated/α-hetero) is 1. The molecule has 19 heavy (non-hydrogen) atoms. The maximum absolute atomic E-state index is 13.1. The Kier molecular flexibility index (Phi) is 4.23. The van der Waals surface area contributed by atoms with Crippen LogP contribution in [0.15, 0.2) is 18.2 Å². The van der Waals surface area contributed by atoms with E-state index in [4.69, 9.17) is 10.00 Å². The minimum Gasteiger partial charge on any atom is -0.370 e. The molecule has 1 fully saturated rings. The highest BCUT2D eigenvalue weighted by Crippen LogP contribution is 2.24. The van der Waals surface area contributed by atoms with Crippen molar-refractivity contribution in [3.63, 3.8) is 0 Å². The van der Waals surface area contributed by atoms with Gasteiger partial charge >= 0.3 is 0 Å². The molecular weight excluding hydrogens is 252 g/mol. The molecule has 2 unspecified atom stereocenters. The van der Waals surface area contributed by atoms with Crippen LogP contribution in [0.1, 0.15) is 30.7 Å². The predicted octanol–water partition coefficient (Wildman–Crippen LogP) is 2.71. The predicted molar refractivity (Wildman–Crippen MR) is 63.3 cm³/mol. The van der Waals surface area contributed by atoms with Gasteiger partial charge in [-0.05, 0) is 37.0 Å². The molecule has 1 aliphatic heterocycles. The molecule has 1 saturated heterocycles. The standard InChI is InChI=1S/C14H13F2NO2/c15-10-5-9(6-11(16)7-10)12(8-17)14(18)13-3-1-2-4-19-13/h5-7,12-13H,1-4H2. The third kappa shape index (κ3) is 3.15. The molecule has 0 saturated carbocycles. The summed E-state index contributed by atoms with van der Waals surface area (Å²) < 4.78 is 31.6. The van der Waals surface area contributed by atoms with Gasteiger partial charge < -0.3 is 4.74 Å². The third-order valence-electron chi connectivity index (χ3n) is 3.13. The second kappa shape index (κ2) is 5.89. The Bertz CT molecular complexity index is 498. The van der Waals surface area contributed by atoms with Crippen LogP contribution in [0, 0.1) is 23.0 Å². The summed E-state index contributed by atoms with van der Waals surface area (Å²) in [4.78, 5) is 12.2. The first kappa shape index (κ1) is 13.6. The average Bonchev–Trinajstić information content (AvgIpc) is 2.39. The molecule has 0 spiro atoms. The summed E-state index contributed by atoms with van der Waals surface area (Å²) >= 11 is 0. The number of nitrogens with zero attached hydrogens (tertiary/aromatic N) is 1. The van der Waals surface area contributed by atoms with Gasteiger partial charge in [0.25, 0.3) is 0 Å². The fourth-order valence-electron chi connectivity index (χ4n) is 2.20. The fraction of sp³-hybridized carbons (Fsp3) is 0.429. The Balaban J connectivity index is 2.23. The van der Waals surface area contributed by atoms with E-state index in [1.165, 1.54) is 0 Å². The summed E-state index contributed by atoms with van der Waals surface area (Å²) in [6.07, 6.45) is 1.64. The summed E-state index contributed by atoms with van der Waals surface area (Å²) in [5.74, 6) is -3.21. The molecule has 0 aliphatic carbocycles. The largest absolute Gasteiger partial charge is 0.370 e. The lowest BCUT2D eigenvalue weighted by Gasteiger charge is -2.23. The van der Waals surface area contributed by atoms with Crippen molar-refractivity contribution in [2.75, 3.05) is 6.61 Å². The van der Waals surface area contributed by atoms with Gasteiger partial charge in [0, 0.05) is 12.7 Å². The Morgan fingerprint density at radius 3 is 2.53 bits per heavy atom. The van der Waals surface area contributed by atoms with E-state index >= 15 is 0 Å². The lowest BCUT2D eigenvalue weighted by atomic mass is 9.90. The molecule has 3 nitrogen and oxygen atoms in total. The first-order valence-electron chi connectivity index (χ1n) is 6.13. The first-order valence-corrected chi connectivity index (χ1v) is 6.13. The molecule has 1 heterocycles. The van der Waals surface area contributed by atoms with Crippen LogP contribution in [0.5, 0.6) is 0 Å². The normalized spacial score (nSPS) is 20.6. The highest BCUT2D eigenvalue weighted by molar-refractivity contribution is 5.92. The van der Waals surface area contributed by atoms with Crippen LogP contribution in [-0.4, -0.2) is 18.5 Å². The van der Waals surface area contributed by atoms with Crippen molar-refractivity contribution in [1.82, 2.24) is 0 Å². The van der Waals surface area contributed by atoms with Gasteiger partial charge in [-0.15, -0.1) is 0 Å². The van der Waals surface area contributed by atoms with Gasteiger partial charge in [0.2, 0.25) is 0 Å². The fourth-order valence-corrected chi connectivity index (χ4v) is 2.20. The zero-order valence-electron chi connectivity index (χ0n) is 10.2. The quantitative estimate of drug-likeness (QED) is 0.844. The maximum Gasteiger partial charge on any atom is 0.183 e. The van der Waals surface area contributed by atoms with Gasteiger partial charge in [0.1, 0.15) is 23.7 Å². The number of hydrogen-bond donors (Lipinski definition) is 0. The molecule has 0 aromatic heterocycles. The number of ether oxygens (including phenoxy) is 1. The van der Waals surface area contributed by atoms with E-state index in [1.54, 1.807) is 6.07 Å². The van der Waals surface area contributed by atoms with Crippen LogP contribution < -0.4 is 0 Å². The van der Waals surface area contributed by atoms with Gasteiger partial charge in [-0.3, -0.25) is 4.79 Å². The molecular formula is C14H13F2NO2. The van der Waals surface area contributed by atoms with E-state index in [1.807, 2.05) is 0 Å². The molecule has 2 atom stereocenters. The van der Waals surface area contributed by atoms with Gasteiger partial charge in [0.05, 0.1) is 6.07 Å². The average molecular weight is 265 g/mol. The monoisotopic (exact) mass is 265 g/mol. The van der Waals surface area contributed by atoms with E-state index in [9.17, 15) is 13.6 Å². The number of ketones is 1. The minimum absolute atomic E-state index is 0.0409. The Labute approximate surface area is 109 Å². The van der Waals surface area contributed by atoms with Crippen molar-refractivity contribution in [1.29, 1.82) is 5.26 Å². The molecule has 5 heteroatoms. The molecule has 2 rings (SSSR count). The van der Waals surface area contributed by atoms with Gasteiger partial charge in [-0.2, -0.15) is 5.26 Å². The number of carbonyl (C=O) groups excluding carboxylic acids is 1. The SMILES string of the molecule is N#CC(C(=O)C1CCCCO1)c1cc(F)cc(F)c1. The Morgan fingerprint density at radius 2 is 2.00 bits per heavy atom. The van der Waals surface area contributed by atoms with Crippen molar-refractivity contribution in [3.8, 4) is 6.07 Å². The summed E-state index contributed by atoms with van der Waals surface area (Å²) in [6.45, 7) is 0.478. The maximum atomic E-state index is 13.1. The number of benzene rings is 1. The first-order chi connectivity index (χ1) is 9.11. The molecule has 1 aromatic rings. The molecule has 1 aromatic carbocycles. The van der Waals surface area contributed by atoms with Crippen LogP contribution in [0.3, 0.4) is 0 Å². The lowest BCUT2D eigenvalue weighted by molar-refractivity contribution is -0.133. The highest BCUT2D eigenvalue weighted by Gasteiger charge is 2.30. The van der Waals surface area contributed by atoms with E-state index in [2.05, 4.69) is 0 Å². The summed E-state index contributed by atoms with van der Waals surface area (Å²) in [5.41, 5.74) is 0.0409. The number of carbonyl (C=O) groups is 1. The van der Waals surface area contributed by atoms with Gasteiger partial charge in [-0.25, -0.2) is 8.78 Å². The zero-order valence-corrected chi connectivity index (χ0v) is 10.2. The van der Waals surface area contributed by atoms with Crippen molar-refractivity contribution in [2.24, 2.45) is 0 Å². The van der Waals surface area contributed by atoms with Gasteiger partial charge in [0.15, 0.2) is 5.78 Å². The lowest BCUT2D eigenvalue weighted by Crippen LogP contribution is -2.32. The highest BCUT2D eigenvalue weighted by atomic mass is 19.1. The van der Waals surface area contributed by atoms with E-state index in [-0.39, 0.29) is 5.56 Å². The molecule has 1 aliphatic rings. The van der Waals surface area contributed by atoms with Crippen molar-refractivity contribution in [3.05, 3.63) is 35.4 Å². The number of halogens is 2. The molecule has 0 radical (unpaired) electrons. The van der Waals surface area contributed by atoms with Crippen molar-refractivity contribution < 1.29 is 18.3 Å².